The standard InChI is InChI=1S/C16H23Cl2N3O2/c1-10(2)8-19-16(23)20-15(22)11(3)21(4)9-12-6-5-7-13(17)14(12)18/h5-7,10-11H,8-9H2,1-4H3,(H2,19,20,22,23). The Morgan fingerprint density at radius 2 is 1.87 bits per heavy atom. The Balaban J connectivity index is 2.58. The average molecular weight is 360 g/mol. The second kappa shape index (κ2) is 9.11. The van der Waals surface area contributed by atoms with Crippen LogP contribution >= 0.6 is 23.2 Å². The van der Waals surface area contributed by atoms with Crippen LogP contribution in [-0.4, -0.2) is 36.5 Å². The highest BCUT2D eigenvalue weighted by atomic mass is 35.5. The largest absolute Gasteiger partial charge is 0.338 e. The zero-order valence-corrected chi connectivity index (χ0v) is 15.3. The summed E-state index contributed by atoms with van der Waals surface area (Å²) < 4.78 is 0. The van der Waals surface area contributed by atoms with E-state index < -0.39 is 12.1 Å². The van der Waals surface area contributed by atoms with Gasteiger partial charge in [0.15, 0.2) is 0 Å². The molecule has 0 fully saturated rings. The molecular weight excluding hydrogens is 337 g/mol. The topological polar surface area (TPSA) is 61.4 Å². The highest BCUT2D eigenvalue weighted by Gasteiger charge is 2.21. The van der Waals surface area contributed by atoms with Gasteiger partial charge in [-0.15, -0.1) is 0 Å². The highest BCUT2D eigenvalue weighted by molar-refractivity contribution is 6.42. The van der Waals surface area contributed by atoms with E-state index in [4.69, 9.17) is 23.2 Å². The van der Waals surface area contributed by atoms with Gasteiger partial charge in [0.05, 0.1) is 16.1 Å². The number of nitrogens with zero attached hydrogens (tertiary/aromatic N) is 1. The lowest BCUT2D eigenvalue weighted by Crippen LogP contribution is -2.48. The fraction of sp³-hybridized carbons (Fsp3) is 0.500. The molecule has 23 heavy (non-hydrogen) atoms. The van der Waals surface area contributed by atoms with Crippen LogP contribution in [0, 0.1) is 5.92 Å². The van der Waals surface area contributed by atoms with Gasteiger partial charge < -0.3 is 5.32 Å². The van der Waals surface area contributed by atoms with Gasteiger partial charge in [-0.1, -0.05) is 49.2 Å². The quantitative estimate of drug-likeness (QED) is 0.818. The third-order valence-electron chi connectivity index (χ3n) is 3.40. The van der Waals surface area contributed by atoms with E-state index in [0.29, 0.717) is 29.1 Å². The number of carbonyl (C=O) groups is 2. The number of rotatable bonds is 6. The lowest BCUT2D eigenvalue weighted by molar-refractivity contribution is -0.124. The van der Waals surface area contributed by atoms with Crippen molar-refractivity contribution >= 4 is 35.1 Å². The Labute approximate surface area is 147 Å². The maximum absolute atomic E-state index is 12.1. The summed E-state index contributed by atoms with van der Waals surface area (Å²) in [7, 11) is 1.79. The molecule has 0 bridgehead atoms. The number of halogens is 2. The van der Waals surface area contributed by atoms with Crippen LogP contribution in [0.5, 0.6) is 0 Å². The number of hydrogen-bond donors (Lipinski definition) is 2. The average Bonchev–Trinajstić information content (AvgIpc) is 2.48. The van der Waals surface area contributed by atoms with Gasteiger partial charge in [0.1, 0.15) is 0 Å². The minimum Gasteiger partial charge on any atom is -0.338 e. The lowest BCUT2D eigenvalue weighted by Gasteiger charge is -2.24. The zero-order valence-electron chi connectivity index (χ0n) is 13.8. The Morgan fingerprint density at radius 3 is 2.48 bits per heavy atom. The smallest absolute Gasteiger partial charge is 0.321 e. The van der Waals surface area contributed by atoms with Crippen molar-refractivity contribution in [2.24, 2.45) is 5.92 Å². The summed E-state index contributed by atoms with van der Waals surface area (Å²) in [6, 6.07) is 4.40. The van der Waals surface area contributed by atoms with Gasteiger partial charge in [-0.25, -0.2) is 4.79 Å². The normalized spacial score (nSPS) is 12.3. The lowest BCUT2D eigenvalue weighted by atomic mass is 10.2. The predicted molar refractivity (Wildman–Crippen MR) is 93.8 cm³/mol. The molecule has 0 radical (unpaired) electrons. The maximum Gasteiger partial charge on any atom is 0.321 e. The van der Waals surface area contributed by atoms with Crippen LogP contribution in [0.4, 0.5) is 4.79 Å². The van der Waals surface area contributed by atoms with Crippen LogP contribution in [0.25, 0.3) is 0 Å². The van der Waals surface area contributed by atoms with Crippen LogP contribution in [0.3, 0.4) is 0 Å². The Kier molecular flexibility index (Phi) is 7.82. The van der Waals surface area contributed by atoms with E-state index in [-0.39, 0.29) is 5.91 Å². The minimum atomic E-state index is -0.491. The van der Waals surface area contributed by atoms with E-state index in [1.54, 1.807) is 24.9 Å². The Bertz CT molecular complexity index is 564. The number of imide groups is 1. The first-order valence-corrected chi connectivity index (χ1v) is 8.19. The summed E-state index contributed by atoms with van der Waals surface area (Å²) in [5.41, 5.74) is 0.825. The third kappa shape index (κ3) is 6.37. The molecule has 0 spiro atoms. The third-order valence-corrected chi connectivity index (χ3v) is 4.26. The minimum absolute atomic E-state index is 0.320. The Hall–Kier alpha value is -1.30. The van der Waals surface area contributed by atoms with Gasteiger partial charge in [0, 0.05) is 13.1 Å². The number of amides is 3. The van der Waals surface area contributed by atoms with Crippen molar-refractivity contribution < 1.29 is 9.59 Å². The number of urea groups is 1. The fourth-order valence-electron chi connectivity index (χ4n) is 1.83. The van der Waals surface area contributed by atoms with Crippen LogP contribution < -0.4 is 10.6 Å². The van der Waals surface area contributed by atoms with Gasteiger partial charge in [-0.05, 0) is 31.5 Å². The van der Waals surface area contributed by atoms with Crippen LogP contribution in [0.1, 0.15) is 26.3 Å². The van der Waals surface area contributed by atoms with Crippen molar-refractivity contribution in [3.8, 4) is 0 Å². The second-order valence-electron chi connectivity index (χ2n) is 5.90. The van der Waals surface area contributed by atoms with E-state index in [9.17, 15) is 9.59 Å². The van der Waals surface area contributed by atoms with E-state index >= 15 is 0 Å². The predicted octanol–water partition coefficient (Wildman–Crippen LogP) is 3.30. The van der Waals surface area contributed by atoms with Gasteiger partial charge in [0.2, 0.25) is 5.91 Å². The molecule has 1 atom stereocenters. The maximum atomic E-state index is 12.1. The van der Waals surface area contributed by atoms with Crippen molar-refractivity contribution in [2.45, 2.75) is 33.4 Å². The van der Waals surface area contributed by atoms with Gasteiger partial charge >= 0.3 is 6.03 Å². The summed E-state index contributed by atoms with van der Waals surface area (Å²) in [6.07, 6.45) is 0. The van der Waals surface area contributed by atoms with Crippen molar-refractivity contribution in [2.75, 3.05) is 13.6 Å². The van der Waals surface area contributed by atoms with Crippen LogP contribution in [0.2, 0.25) is 10.0 Å². The highest BCUT2D eigenvalue weighted by Crippen LogP contribution is 2.26. The van der Waals surface area contributed by atoms with Crippen molar-refractivity contribution in [3.63, 3.8) is 0 Å². The van der Waals surface area contributed by atoms with E-state index in [1.807, 2.05) is 26.0 Å². The van der Waals surface area contributed by atoms with Crippen LogP contribution in [-0.2, 0) is 11.3 Å². The number of hydrogen-bond acceptors (Lipinski definition) is 3. The summed E-state index contributed by atoms with van der Waals surface area (Å²) in [5.74, 6) is -0.0483. The molecule has 0 aliphatic rings. The fourth-order valence-corrected chi connectivity index (χ4v) is 2.21. The molecular formula is C16H23Cl2N3O2. The first-order chi connectivity index (χ1) is 10.7. The number of carbonyl (C=O) groups excluding carboxylic acids is 2. The molecule has 1 aromatic rings. The molecule has 7 heteroatoms. The van der Waals surface area contributed by atoms with E-state index in [2.05, 4.69) is 10.6 Å². The van der Waals surface area contributed by atoms with Crippen molar-refractivity contribution in [1.29, 1.82) is 0 Å². The zero-order chi connectivity index (χ0) is 17.6. The van der Waals surface area contributed by atoms with Crippen LogP contribution in [0.15, 0.2) is 18.2 Å². The molecule has 3 amide bonds. The first kappa shape index (κ1) is 19.7. The van der Waals surface area contributed by atoms with Crippen molar-refractivity contribution in [3.05, 3.63) is 33.8 Å². The van der Waals surface area contributed by atoms with E-state index in [1.165, 1.54) is 0 Å². The summed E-state index contributed by atoms with van der Waals surface area (Å²) in [4.78, 5) is 25.5. The number of nitrogens with one attached hydrogen (secondary N) is 2. The molecule has 2 N–H and O–H groups in total. The molecule has 1 unspecified atom stereocenters. The first-order valence-electron chi connectivity index (χ1n) is 7.44. The SMILES string of the molecule is CC(C)CNC(=O)NC(=O)C(C)N(C)Cc1cccc(Cl)c1Cl. The van der Waals surface area contributed by atoms with E-state index in [0.717, 1.165) is 5.56 Å². The molecule has 0 aromatic heterocycles. The van der Waals surface area contributed by atoms with Gasteiger partial charge in [0.25, 0.3) is 0 Å². The molecule has 0 aliphatic carbocycles. The molecule has 5 nitrogen and oxygen atoms in total. The molecule has 1 aromatic carbocycles. The summed E-state index contributed by atoms with van der Waals surface area (Å²) >= 11 is 12.1. The molecule has 0 heterocycles. The monoisotopic (exact) mass is 359 g/mol. The molecule has 1 rings (SSSR count). The molecule has 0 aliphatic heterocycles. The summed E-state index contributed by atoms with van der Waals surface area (Å²) in [6.45, 7) is 6.65. The van der Waals surface area contributed by atoms with Crippen molar-refractivity contribution in [1.82, 2.24) is 15.5 Å². The summed E-state index contributed by atoms with van der Waals surface area (Å²) in [5, 5.41) is 5.93. The Morgan fingerprint density at radius 1 is 1.22 bits per heavy atom. The number of likely N-dealkylation sites (N-methyl/N-ethyl adjacent to an activating group) is 1. The second-order valence-corrected chi connectivity index (χ2v) is 6.68. The molecule has 128 valence electrons. The molecule has 0 saturated carbocycles. The number of benzene rings is 1. The molecule has 0 saturated heterocycles. The van der Waals surface area contributed by atoms with Gasteiger partial charge in [-0.2, -0.15) is 0 Å². The van der Waals surface area contributed by atoms with Gasteiger partial charge in [-0.3, -0.25) is 15.0 Å².